The summed E-state index contributed by atoms with van der Waals surface area (Å²) in [6.45, 7) is 13.2. The molecule has 1 amide bonds. The Morgan fingerprint density at radius 3 is 2.58 bits per heavy atom. The molecule has 0 aromatic rings. The number of nitrogens with one attached hydrogen (secondary N) is 2. The van der Waals surface area contributed by atoms with Gasteiger partial charge < -0.3 is 10.6 Å². The van der Waals surface area contributed by atoms with Crippen molar-refractivity contribution in [3.8, 4) is 0 Å². The molecule has 1 aliphatic heterocycles. The maximum Gasteiger partial charge on any atom is 0.237 e. The van der Waals surface area contributed by atoms with Crippen molar-refractivity contribution in [3.63, 3.8) is 0 Å². The Morgan fingerprint density at radius 2 is 2.11 bits per heavy atom. The van der Waals surface area contributed by atoms with Crippen LogP contribution in [0, 0.1) is 0 Å². The molecule has 0 radical (unpaired) electrons. The van der Waals surface area contributed by atoms with E-state index in [0.717, 1.165) is 19.6 Å². The number of carbonyl (C=O) groups is 1. The van der Waals surface area contributed by atoms with Crippen LogP contribution in [0.25, 0.3) is 0 Å². The normalized spacial score (nSPS) is 22.3. The Hall–Kier alpha value is -0.610. The maximum absolute atomic E-state index is 12.2. The average molecular weight is 269 g/mol. The Labute approximate surface area is 118 Å². The molecule has 0 aromatic carbocycles. The molecule has 1 saturated heterocycles. The summed E-state index contributed by atoms with van der Waals surface area (Å²) in [4.78, 5) is 14.5. The SMILES string of the molecule is CCN(CC1CCCCN1)C(C)C(=O)NC(C)(C)C. The van der Waals surface area contributed by atoms with Crippen LogP contribution in [0.3, 0.4) is 0 Å². The molecule has 2 atom stereocenters. The van der Waals surface area contributed by atoms with Gasteiger partial charge in [0.25, 0.3) is 0 Å². The smallest absolute Gasteiger partial charge is 0.237 e. The van der Waals surface area contributed by atoms with Gasteiger partial charge in [-0.3, -0.25) is 9.69 Å². The summed E-state index contributed by atoms with van der Waals surface area (Å²) in [5.74, 6) is 0.130. The van der Waals surface area contributed by atoms with Gasteiger partial charge in [0.2, 0.25) is 5.91 Å². The van der Waals surface area contributed by atoms with Crippen molar-refractivity contribution in [3.05, 3.63) is 0 Å². The summed E-state index contributed by atoms with van der Waals surface area (Å²) in [6, 6.07) is 0.478. The fourth-order valence-electron chi connectivity index (χ4n) is 2.56. The van der Waals surface area contributed by atoms with E-state index in [-0.39, 0.29) is 17.5 Å². The summed E-state index contributed by atoms with van der Waals surface area (Å²) in [5.41, 5.74) is -0.159. The van der Waals surface area contributed by atoms with Gasteiger partial charge >= 0.3 is 0 Å². The van der Waals surface area contributed by atoms with Crippen molar-refractivity contribution in [2.45, 2.75) is 71.5 Å². The number of piperidine rings is 1. The lowest BCUT2D eigenvalue weighted by atomic mass is 10.0. The van der Waals surface area contributed by atoms with Crippen molar-refractivity contribution in [2.24, 2.45) is 0 Å². The molecule has 0 aromatic heterocycles. The topological polar surface area (TPSA) is 44.4 Å². The number of amides is 1. The van der Waals surface area contributed by atoms with Gasteiger partial charge in [0, 0.05) is 18.1 Å². The van der Waals surface area contributed by atoms with E-state index < -0.39 is 0 Å². The molecule has 2 unspecified atom stereocenters. The van der Waals surface area contributed by atoms with Crippen LogP contribution in [0.15, 0.2) is 0 Å². The van der Waals surface area contributed by atoms with E-state index in [1.165, 1.54) is 19.3 Å². The van der Waals surface area contributed by atoms with Crippen LogP contribution in [0.4, 0.5) is 0 Å². The molecule has 1 heterocycles. The molecule has 1 fully saturated rings. The molecule has 2 N–H and O–H groups in total. The maximum atomic E-state index is 12.2. The van der Waals surface area contributed by atoms with Gasteiger partial charge in [-0.1, -0.05) is 13.3 Å². The summed E-state index contributed by atoms with van der Waals surface area (Å²) in [7, 11) is 0. The van der Waals surface area contributed by atoms with Crippen molar-refractivity contribution in [1.82, 2.24) is 15.5 Å². The molecular weight excluding hydrogens is 238 g/mol. The highest BCUT2D eigenvalue weighted by Gasteiger charge is 2.26. The molecule has 112 valence electrons. The summed E-state index contributed by atoms with van der Waals surface area (Å²) >= 11 is 0. The molecule has 1 aliphatic rings. The molecular formula is C15H31N3O. The largest absolute Gasteiger partial charge is 0.350 e. The zero-order valence-corrected chi connectivity index (χ0v) is 13.3. The van der Waals surface area contributed by atoms with Crippen LogP contribution >= 0.6 is 0 Å². The van der Waals surface area contributed by atoms with Crippen LogP contribution in [0.5, 0.6) is 0 Å². The number of nitrogens with zero attached hydrogens (tertiary/aromatic N) is 1. The van der Waals surface area contributed by atoms with Crippen molar-refractivity contribution in [2.75, 3.05) is 19.6 Å². The first kappa shape index (κ1) is 16.4. The van der Waals surface area contributed by atoms with Gasteiger partial charge in [0.15, 0.2) is 0 Å². The second kappa shape index (κ2) is 7.25. The molecule has 1 rings (SSSR count). The third-order valence-electron chi connectivity index (χ3n) is 3.70. The van der Waals surface area contributed by atoms with E-state index in [1.807, 2.05) is 27.7 Å². The first-order valence-electron chi connectivity index (χ1n) is 7.63. The lowest BCUT2D eigenvalue weighted by Crippen LogP contribution is -2.54. The van der Waals surface area contributed by atoms with Crippen LogP contribution in [0.2, 0.25) is 0 Å². The van der Waals surface area contributed by atoms with E-state index >= 15 is 0 Å². The lowest BCUT2D eigenvalue weighted by Gasteiger charge is -2.34. The van der Waals surface area contributed by atoms with Gasteiger partial charge in [0.05, 0.1) is 6.04 Å². The van der Waals surface area contributed by atoms with E-state index in [1.54, 1.807) is 0 Å². The van der Waals surface area contributed by atoms with Crippen molar-refractivity contribution >= 4 is 5.91 Å². The minimum atomic E-state index is -0.159. The minimum Gasteiger partial charge on any atom is -0.350 e. The predicted octanol–water partition coefficient (Wildman–Crippen LogP) is 1.75. The molecule has 4 heteroatoms. The van der Waals surface area contributed by atoms with Gasteiger partial charge in [-0.15, -0.1) is 0 Å². The van der Waals surface area contributed by atoms with E-state index in [4.69, 9.17) is 0 Å². The van der Waals surface area contributed by atoms with Crippen LogP contribution in [-0.2, 0) is 4.79 Å². The summed E-state index contributed by atoms with van der Waals surface area (Å²) in [6.07, 6.45) is 3.81. The van der Waals surface area contributed by atoms with Crippen LogP contribution in [-0.4, -0.2) is 48.1 Å². The minimum absolute atomic E-state index is 0.0621. The first-order valence-corrected chi connectivity index (χ1v) is 7.63. The third-order valence-corrected chi connectivity index (χ3v) is 3.70. The summed E-state index contributed by atoms with van der Waals surface area (Å²) < 4.78 is 0. The second-order valence-corrected chi connectivity index (χ2v) is 6.65. The molecule has 19 heavy (non-hydrogen) atoms. The standard InChI is InChI=1S/C15H31N3O/c1-6-18(11-13-9-7-8-10-16-13)12(2)14(19)17-15(3,4)5/h12-13,16H,6-11H2,1-5H3,(H,17,19). The molecule has 0 spiro atoms. The summed E-state index contributed by atoms with van der Waals surface area (Å²) in [5, 5.41) is 6.62. The van der Waals surface area contributed by atoms with E-state index in [0.29, 0.717) is 6.04 Å². The zero-order chi connectivity index (χ0) is 14.5. The highest BCUT2D eigenvalue weighted by Crippen LogP contribution is 2.11. The fourth-order valence-corrected chi connectivity index (χ4v) is 2.56. The van der Waals surface area contributed by atoms with Crippen LogP contribution in [0.1, 0.15) is 53.9 Å². The predicted molar refractivity (Wildman–Crippen MR) is 80.2 cm³/mol. The van der Waals surface area contributed by atoms with E-state index in [9.17, 15) is 4.79 Å². The third kappa shape index (κ3) is 5.91. The average Bonchev–Trinajstić information content (AvgIpc) is 2.34. The molecule has 0 bridgehead atoms. The molecule has 0 aliphatic carbocycles. The van der Waals surface area contributed by atoms with Crippen molar-refractivity contribution < 1.29 is 4.79 Å². The Morgan fingerprint density at radius 1 is 1.42 bits per heavy atom. The van der Waals surface area contributed by atoms with E-state index in [2.05, 4.69) is 22.5 Å². The molecule has 4 nitrogen and oxygen atoms in total. The van der Waals surface area contributed by atoms with Crippen molar-refractivity contribution in [1.29, 1.82) is 0 Å². The van der Waals surface area contributed by atoms with Gasteiger partial charge in [-0.2, -0.15) is 0 Å². The fraction of sp³-hybridized carbons (Fsp3) is 0.933. The zero-order valence-electron chi connectivity index (χ0n) is 13.3. The monoisotopic (exact) mass is 269 g/mol. The highest BCUT2D eigenvalue weighted by molar-refractivity contribution is 5.81. The number of likely N-dealkylation sites (N-methyl/N-ethyl adjacent to an activating group) is 1. The molecule has 0 saturated carbocycles. The van der Waals surface area contributed by atoms with Gasteiger partial charge in [0.1, 0.15) is 0 Å². The Bertz CT molecular complexity index is 280. The lowest BCUT2D eigenvalue weighted by molar-refractivity contribution is -0.127. The van der Waals surface area contributed by atoms with Crippen LogP contribution < -0.4 is 10.6 Å². The highest BCUT2D eigenvalue weighted by atomic mass is 16.2. The Kier molecular flexibility index (Phi) is 6.27. The number of hydrogen-bond donors (Lipinski definition) is 2. The van der Waals surface area contributed by atoms with Gasteiger partial charge in [-0.05, 0) is 53.6 Å². The number of rotatable bonds is 5. The number of carbonyl (C=O) groups excluding carboxylic acids is 1. The first-order chi connectivity index (χ1) is 8.83. The Balaban J connectivity index is 2.50. The quantitative estimate of drug-likeness (QED) is 0.799. The number of hydrogen-bond acceptors (Lipinski definition) is 3. The second-order valence-electron chi connectivity index (χ2n) is 6.65. The van der Waals surface area contributed by atoms with Gasteiger partial charge in [-0.25, -0.2) is 0 Å².